The summed E-state index contributed by atoms with van der Waals surface area (Å²) < 4.78 is 120. The Morgan fingerprint density at radius 3 is 2.55 bits per heavy atom. The third kappa shape index (κ3) is 5.05. The SMILES string of the molecule is [2H]C([2H])([2H])Oc1cc(F)cc([C@@H]2[C@H](O)CCN2C(=O)Cc2ncc(C(F)(F)F)cc2C(F)(F)F)c1C. The smallest absolute Gasteiger partial charge is 0.418 e. The van der Waals surface area contributed by atoms with Gasteiger partial charge in [-0.25, -0.2) is 4.39 Å². The number of aliphatic hydroxyl groups excluding tert-OH is 1. The van der Waals surface area contributed by atoms with Gasteiger partial charge < -0.3 is 14.7 Å². The van der Waals surface area contributed by atoms with E-state index in [1.165, 1.54) is 6.92 Å². The molecule has 2 heterocycles. The molecule has 1 aromatic heterocycles. The molecule has 1 amide bonds. The highest BCUT2D eigenvalue weighted by Gasteiger charge is 2.42. The van der Waals surface area contributed by atoms with Crippen LogP contribution in [-0.4, -0.2) is 40.6 Å². The van der Waals surface area contributed by atoms with E-state index in [-0.39, 0.29) is 42.1 Å². The first-order chi connectivity index (χ1) is 16.4. The summed E-state index contributed by atoms with van der Waals surface area (Å²) in [6, 6.07) is 0.302. The number of methoxy groups -OCH3 is 1. The van der Waals surface area contributed by atoms with E-state index in [0.717, 1.165) is 17.0 Å². The average Bonchev–Trinajstić information content (AvgIpc) is 3.09. The van der Waals surface area contributed by atoms with E-state index in [4.69, 9.17) is 8.85 Å². The topological polar surface area (TPSA) is 62.7 Å². The molecule has 3 rings (SSSR count). The number of hydrogen-bond acceptors (Lipinski definition) is 4. The highest BCUT2D eigenvalue weighted by molar-refractivity contribution is 5.80. The summed E-state index contributed by atoms with van der Waals surface area (Å²) in [4.78, 5) is 17.2. The number of carbonyl (C=O) groups excluding carboxylic acids is 1. The number of aliphatic hydroxyl groups is 1. The van der Waals surface area contributed by atoms with Crippen LogP contribution in [0.2, 0.25) is 0 Å². The van der Waals surface area contributed by atoms with Gasteiger partial charge in [-0.05, 0) is 36.6 Å². The van der Waals surface area contributed by atoms with Crippen LogP contribution in [0.25, 0.3) is 0 Å². The summed E-state index contributed by atoms with van der Waals surface area (Å²) in [5, 5.41) is 10.5. The molecule has 0 spiro atoms. The summed E-state index contributed by atoms with van der Waals surface area (Å²) >= 11 is 0. The Bertz CT molecular complexity index is 1150. The Balaban J connectivity index is 1.98. The van der Waals surface area contributed by atoms with Crippen molar-refractivity contribution in [1.82, 2.24) is 9.88 Å². The number of rotatable bonds is 4. The van der Waals surface area contributed by atoms with Crippen LogP contribution in [0, 0.1) is 12.7 Å². The number of hydrogen-bond donors (Lipinski definition) is 1. The third-order valence-electron chi connectivity index (χ3n) is 5.40. The Kier molecular flexibility index (Phi) is 5.52. The Hall–Kier alpha value is -2.89. The summed E-state index contributed by atoms with van der Waals surface area (Å²) in [6.07, 6.45) is -12.5. The van der Waals surface area contributed by atoms with E-state index in [2.05, 4.69) is 4.98 Å². The summed E-state index contributed by atoms with van der Waals surface area (Å²) in [5.41, 5.74) is -4.30. The summed E-state index contributed by atoms with van der Waals surface area (Å²) in [7, 11) is -2.94. The van der Waals surface area contributed by atoms with Crippen LogP contribution >= 0.6 is 0 Å². The number of nitrogens with zero attached hydrogens (tertiary/aromatic N) is 2. The fraction of sp³-hybridized carbons (Fsp3) is 0.429. The van der Waals surface area contributed by atoms with Crippen LogP contribution in [0.5, 0.6) is 5.75 Å². The van der Waals surface area contributed by atoms with Crippen LogP contribution in [0.1, 0.15) is 44.5 Å². The molecule has 1 fully saturated rings. The van der Waals surface area contributed by atoms with E-state index in [0.29, 0.717) is 0 Å². The fourth-order valence-corrected chi connectivity index (χ4v) is 3.80. The molecule has 1 aliphatic rings. The highest BCUT2D eigenvalue weighted by Crippen LogP contribution is 2.39. The van der Waals surface area contributed by atoms with E-state index >= 15 is 0 Å². The number of pyridine rings is 1. The van der Waals surface area contributed by atoms with Crippen LogP contribution in [0.15, 0.2) is 24.4 Å². The van der Waals surface area contributed by atoms with Crippen molar-refractivity contribution >= 4 is 5.91 Å². The van der Waals surface area contributed by atoms with Gasteiger partial charge in [-0.1, -0.05) is 0 Å². The molecule has 1 N–H and O–H groups in total. The van der Waals surface area contributed by atoms with Crippen molar-refractivity contribution in [2.75, 3.05) is 13.6 Å². The van der Waals surface area contributed by atoms with Crippen molar-refractivity contribution in [2.45, 2.75) is 44.3 Å². The zero-order valence-corrected chi connectivity index (χ0v) is 16.9. The van der Waals surface area contributed by atoms with Gasteiger partial charge in [0.2, 0.25) is 5.91 Å². The largest absolute Gasteiger partial charge is 0.496 e. The van der Waals surface area contributed by atoms with Gasteiger partial charge in [0.15, 0.2) is 0 Å². The highest BCUT2D eigenvalue weighted by atomic mass is 19.4. The van der Waals surface area contributed by atoms with Crippen LogP contribution < -0.4 is 4.74 Å². The van der Waals surface area contributed by atoms with E-state index in [1.54, 1.807) is 0 Å². The standard InChI is InChI=1S/C21H19F7N2O3/c1-10-13(6-12(22)7-17(10)33-2)19-16(31)3-4-30(19)18(32)8-15-14(21(26,27)28)5-11(9-29-15)20(23,24)25/h5-7,9,16,19,31H,3-4,8H2,1-2H3/t16-,19-/m1/s1/i2D3. The zero-order valence-electron chi connectivity index (χ0n) is 19.9. The molecule has 1 aromatic carbocycles. The lowest BCUT2D eigenvalue weighted by molar-refractivity contribution is -0.144. The zero-order chi connectivity index (χ0) is 27.2. The first-order valence-corrected chi connectivity index (χ1v) is 9.48. The quantitative estimate of drug-likeness (QED) is 0.653. The van der Waals surface area contributed by atoms with Gasteiger partial charge in [0.1, 0.15) is 11.6 Å². The van der Waals surface area contributed by atoms with Crippen molar-refractivity contribution < 1.29 is 49.5 Å². The second-order valence-corrected chi connectivity index (χ2v) is 7.50. The molecule has 0 unspecified atom stereocenters. The molecule has 180 valence electrons. The number of aromatic nitrogens is 1. The molecule has 5 nitrogen and oxygen atoms in total. The average molecular weight is 483 g/mol. The summed E-state index contributed by atoms with van der Waals surface area (Å²) in [6.45, 7) is 1.18. The maximum absolute atomic E-state index is 14.3. The second-order valence-electron chi connectivity index (χ2n) is 7.50. The molecular weight excluding hydrogens is 461 g/mol. The minimum atomic E-state index is -5.24. The minimum absolute atomic E-state index is 0.0379. The fourth-order valence-electron chi connectivity index (χ4n) is 3.80. The minimum Gasteiger partial charge on any atom is -0.496 e. The number of benzene rings is 1. The molecule has 0 radical (unpaired) electrons. The molecule has 0 saturated carbocycles. The van der Waals surface area contributed by atoms with Gasteiger partial charge in [0.25, 0.3) is 0 Å². The number of alkyl halides is 6. The van der Waals surface area contributed by atoms with E-state index in [1.807, 2.05) is 0 Å². The van der Waals surface area contributed by atoms with Crippen molar-refractivity contribution in [3.8, 4) is 5.75 Å². The lowest BCUT2D eigenvalue weighted by Gasteiger charge is -2.29. The van der Waals surface area contributed by atoms with Crippen LogP contribution in [-0.2, 0) is 23.6 Å². The number of halogens is 7. The molecule has 1 saturated heterocycles. The van der Waals surface area contributed by atoms with E-state index in [9.17, 15) is 40.6 Å². The lowest BCUT2D eigenvalue weighted by Crippen LogP contribution is -2.35. The third-order valence-corrected chi connectivity index (χ3v) is 5.40. The molecule has 12 heteroatoms. The lowest BCUT2D eigenvalue weighted by atomic mass is 9.96. The number of likely N-dealkylation sites (tertiary alicyclic amines) is 1. The Morgan fingerprint density at radius 1 is 1.24 bits per heavy atom. The molecule has 2 aromatic rings. The first kappa shape index (κ1) is 20.7. The predicted octanol–water partition coefficient (Wildman–Crippen LogP) is 4.45. The predicted molar refractivity (Wildman–Crippen MR) is 101 cm³/mol. The van der Waals surface area contributed by atoms with Gasteiger partial charge in [-0.15, -0.1) is 0 Å². The van der Waals surface area contributed by atoms with Gasteiger partial charge in [0, 0.05) is 18.8 Å². The molecule has 33 heavy (non-hydrogen) atoms. The molecule has 0 bridgehead atoms. The number of ether oxygens (including phenoxy) is 1. The number of amides is 1. The van der Waals surface area contributed by atoms with Gasteiger partial charge in [-0.3, -0.25) is 9.78 Å². The number of carbonyl (C=O) groups is 1. The second kappa shape index (κ2) is 8.81. The maximum Gasteiger partial charge on any atom is 0.418 e. The van der Waals surface area contributed by atoms with Crippen molar-refractivity contribution in [1.29, 1.82) is 0 Å². The van der Waals surface area contributed by atoms with Crippen molar-refractivity contribution in [3.63, 3.8) is 0 Å². The maximum atomic E-state index is 14.3. The van der Waals surface area contributed by atoms with Crippen LogP contribution in [0.3, 0.4) is 0 Å². The molecule has 1 aliphatic heterocycles. The summed E-state index contributed by atoms with van der Waals surface area (Å²) in [5.74, 6) is -2.36. The Labute approximate surface area is 188 Å². The van der Waals surface area contributed by atoms with E-state index < -0.39 is 66.5 Å². The van der Waals surface area contributed by atoms with Gasteiger partial charge >= 0.3 is 12.4 Å². The molecule has 0 aliphatic carbocycles. The monoisotopic (exact) mass is 483 g/mol. The first-order valence-electron chi connectivity index (χ1n) is 11.0. The van der Waals surface area contributed by atoms with Crippen molar-refractivity contribution in [3.05, 3.63) is 58.2 Å². The normalized spacial score (nSPS) is 20.9. The Morgan fingerprint density at radius 2 is 1.94 bits per heavy atom. The van der Waals surface area contributed by atoms with Gasteiger partial charge in [0.05, 0.1) is 46.5 Å². The van der Waals surface area contributed by atoms with Crippen molar-refractivity contribution in [2.24, 2.45) is 0 Å². The molecule has 2 atom stereocenters. The van der Waals surface area contributed by atoms with Gasteiger partial charge in [-0.2, -0.15) is 26.3 Å². The molecular formula is C21H19F7N2O3. The van der Waals surface area contributed by atoms with Crippen LogP contribution in [0.4, 0.5) is 30.7 Å².